The van der Waals surface area contributed by atoms with Crippen LogP contribution in [0.15, 0.2) is 18.2 Å². The van der Waals surface area contributed by atoms with Gasteiger partial charge in [0, 0.05) is 20.1 Å². The number of carbonyl (C=O) groups is 1. The van der Waals surface area contributed by atoms with Gasteiger partial charge in [0.15, 0.2) is 0 Å². The van der Waals surface area contributed by atoms with Crippen molar-refractivity contribution < 1.29 is 22.4 Å². The van der Waals surface area contributed by atoms with E-state index in [1.165, 1.54) is 25.2 Å². The van der Waals surface area contributed by atoms with E-state index in [1.54, 1.807) is 0 Å². The number of alkyl halides is 3. The highest BCUT2D eigenvalue weighted by Crippen LogP contribution is 2.23. The van der Waals surface area contributed by atoms with Crippen LogP contribution in [-0.4, -0.2) is 37.1 Å². The molecule has 0 aliphatic heterocycles. The normalized spacial score (nSPS) is 11.3. The predicted molar refractivity (Wildman–Crippen MR) is 72.8 cm³/mol. The van der Waals surface area contributed by atoms with Gasteiger partial charge in [0.25, 0.3) is 5.91 Å². The van der Waals surface area contributed by atoms with Crippen LogP contribution < -0.4 is 5.32 Å². The molecule has 1 amide bonds. The summed E-state index contributed by atoms with van der Waals surface area (Å²) in [5.41, 5.74) is 0.0660. The molecule has 0 aromatic heterocycles. The third-order valence-electron chi connectivity index (χ3n) is 2.87. The molecule has 21 heavy (non-hydrogen) atoms. The van der Waals surface area contributed by atoms with E-state index >= 15 is 0 Å². The summed E-state index contributed by atoms with van der Waals surface area (Å²) in [7, 11) is 1.27. The zero-order chi connectivity index (χ0) is 16.0. The molecular weight excluding hydrogens is 288 g/mol. The largest absolute Gasteiger partial charge is 0.390 e. The lowest BCUT2D eigenvalue weighted by atomic mass is 10.1. The van der Waals surface area contributed by atoms with Crippen LogP contribution in [0.3, 0.4) is 0 Å². The number of amides is 1. The molecule has 1 aromatic rings. The lowest BCUT2D eigenvalue weighted by Crippen LogP contribution is -2.31. The molecule has 0 saturated carbocycles. The summed E-state index contributed by atoms with van der Waals surface area (Å²) in [6.45, 7) is 1.88. The second-order valence-electron chi connectivity index (χ2n) is 4.68. The Morgan fingerprint density at radius 1 is 1.33 bits per heavy atom. The first kappa shape index (κ1) is 17.3. The number of para-hydroxylation sites is 1. The van der Waals surface area contributed by atoms with Crippen molar-refractivity contribution in [1.82, 2.24) is 4.90 Å². The molecule has 3 nitrogen and oxygen atoms in total. The van der Waals surface area contributed by atoms with Gasteiger partial charge in [-0.25, -0.2) is 4.39 Å². The number of hydrogen-bond donors (Lipinski definition) is 1. The van der Waals surface area contributed by atoms with Gasteiger partial charge in [0.05, 0.1) is 17.7 Å². The zero-order valence-electron chi connectivity index (χ0n) is 11.9. The molecule has 0 atom stereocenters. The molecule has 0 unspecified atom stereocenters. The van der Waals surface area contributed by atoms with Crippen molar-refractivity contribution in [3.63, 3.8) is 0 Å². The van der Waals surface area contributed by atoms with Crippen molar-refractivity contribution in [3.8, 4) is 0 Å². The number of rotatable bonds is 6. The fraction of sp³-hybridized carbons (Fsp3) is 0.500. The molecular formula is C14H18F4N2O. The highest BCUT2D eigenvalue weighted by Gasteiger charge is 2.28. The third kappa shape index (κ3) is 5.24. The molecule has 0 aliphatic rings. The van der Waals surface area contributed by atoms with Crippen LogP contribution >= 0.6 is 0 Å². The quantitative estimate of drug-likeness (QED) is 0.813. The summed E-state index contributed by atoms with van der Waals surface area (Å²) >= 11 is 0. The van der Waals surface area contributed by atoms with E-state index in [9.17, 15) is 22.4 Å². The fourth-order valence-corrected chi connectivity index (χ4v) is 1.73. The molecule has 0 fully saturated rings. The second kappa shape index (κ2) is 7.28. The maximum absolute atomic E-state index is 13.8. The summed E-state index contributed by atoms with van der Waals surface area (Å²) in [6.07, 6.45) is -4.70. The highest BCUT2D eigenvalue weighted by atomic mass is 19.4. The van der Waals surface area contributed by atoms with E-state index in [0.29, 0.717) is 6.54 Å². The SMILES string of the molecule is CCCNc1c(F)cccc1C(=O)N(C)CCC(F)(F)F. The Morgan fingerprint density at radius 3 is 2.57 bits per heavy atom. The van der Waals surface area contributed by atoms with Crippen LogP contribution in [0, 0.1) is 5.82 Å². The number of benzene rings is 1. The van der Waals surface area contributed by atoms with Crippen LogP contribution in [0.4, 0.5) is 23.2 Å². The molecule has 0 saturated heterocycles. The molecule has 1 N–H and O–H groups in total. The van der Waals surface area contributed by atoms with Gasteiger partial charge in [-0.1, -0.05) is 13.0 Å². The minimum absolute atomic E-state index is 0.0307. The molecule has 118 valence electrons. The number of carbonyl (C=O) groups excluding carboxylic acids is 1. The number of anilines is 1. The summed E-state index contributed by atoms with van der Waals surface area (Å²) in [4.78, 5) is 13.1. The van der Waals surface area contributed by atoms with Gasteiger partial charge in [0.1, 0.15) is 5.82 Å². The fourth-order valence-electron chi connectivity index (χ4n) is 1.73. The van der Waals surface area contributed by atoms with E-state index in [0.717, 1.165) is 11.3 Å². The maximum Gasteiger partial charge on any atom is 0.390 e. The number of hydrogen-bond acceptors (Lipinski definition) is 2. The van der Waals surface area contributed by atoms with E-state index in [-0.39, 0.29) is 11.3 Å². The van der Waals surface area contributed by atoms with Crippen LogP contribution in [-0.2, 0) is 0 Å². The number of nitrogens with one attached hydrogen (secondary N) is 1. The molecule has 0 aliphatic carbocycles. The minimum atomic E-state index is -4.33. The molecule has 1 rings (SSSR count). The topological polar surface area (TPSA) is 32.3 Å². The molecule has 1 aromatic carbocycles. The van der Waals surface area contributed by atoms with Crippen LogP contribution in [0.25, 0.3) is 0 Å². The molecule has 0 radical (unpaired) electrons. The Morgan fingerprint density at radius 2 is 2.00 bits per heavy atom. The average Bonchev–Trinajstić information content (AvgIpc) is 2.41. The monoisotopic (exact) mass is 306 g/mol. The van der Waals surface area contributed by atoms with Gasteiger partial charge >= 0.3 is 6.18 Å². The highest BCUT2D eigenvalue weighted by molar-refractivity contribution is 5.99. The second-order valence-corrected chi connectivity index (χ2v) is 4.68. The van der Waals surface area contributed by atoms with Crippen molar-refractivity contribution in [2.45, 2.75) is 25.9 Å². The molecule has 7 heteroatoms. The first-order chi connectivity index (χ1) is 9.76. The summed E-state index contributed by atoms with van der Waals surface area (Å²) in [6, 6.07) is 3.95. The van der Waals surface area contributed by atoms with Gasteiger partial charge < -0.3 is 10.2 Å². The van der Waals surface area contributed by atoms with Crippen molar-refractivity contribution in [1.29, 1.82) is 0 Å². The molecule has 0 heterocycles. The van der Waals surface area contributed by atoms with E-state index in [2.05, 4.69) is 5.32 Å². The Hall–Kier alpha value is -1.79. The first-order valence-corrected chi connectivity index (χ1v) is 6.61. The van der Waals surface area contributed by atoms with E-state index in [1.807, 2.05) is 6.92 Å². The Bertz CT molecular complexity index is 488. The van der Waals surface area contributed by atoms with E-state index in [4.69, 9.17) is 0 Å². The minimum Gasteiger partial charge on any atom is -0.382 e. The number of nitrogens with zero attached hydrogens (tertiary/aromatic N) is 1. The average molecular weight is 306 g/mol. The molecule has 0 spiro atoms. The molecule has 0 bridgehead atoms. The first-order valence-electron chi connectivity index (χ1n) is 6.61. The smallest absolute Gasteiger partial charge is 0.382 e. The summed E-state index contributed by atoms with van der Waals surface area (Å²) in [5.74, 6) is -1.24. The van der Waals surface area contributed by atoms with Crippen molar-refractivity contribution in [2.75, 3.05) is 25.5 Å². The van der Waals surface area contributed by atoms with Crippen LogP contribution in [0.2, 0.25) is 0 Å². The maximum atomic E-state index is 13.8. The van der Waals surface area contributed by atoms with Crippen LogP contribution in [0.1, 0.15) is 30.1 Å². The Kier molecular flexibility index (Phi) is 5.99. The van der Waals surface area contributed by atoms with Crippen molar-refractivity contribution in [2.24, 2.45) is 0 Å². The van der Waals surface area contributed by atoms with Crippen LogP contribution in [0.5, 0.6) is 0 Å². The van der Waals surface area contributed by atoms with Gasteiger partial charge in [0.2, 0.25) is 0 Å². The third-order valence-corrected chi connectivity index (χ3v) is 2.87. The standard InChI is InChI=1S/C14H18F4N2O/c1-3-8-19-12-10(5-4-6-11(12)15)13(21)20(2)9-7-14(16,17)18/h4-6,19H,3,7-9H2,1-2H3. The van der Waals surface area contributed by atoms with Gasteiger partial charge in [-0.05, 0) is 18.6 Å². The van der Waals surface area contributed by atoms with Crippen molar-refractivity contribution in [3.05, 3.63) is 29.6 Å². The Balaban J connectivity index is 2.88. The Labute approximate surface area is 120 Å². The van der Waals surface area contributed by atoms with Gasteiger partial charge in [-0.2, -0.15) is 13.2 Å². The van der Waals surface area contributed by atoms with Gasteiger partial charge in [-0.3, -0.25) is 4.79 Å². The zero-order valence-corrected chi connectivity index (χ0v) is 11.9. The predicted octanol–water partition coefficient (Wildman–Crippen LogP) is 3.67. The van der Waals surface area contributed by atoms with Crippen molar-refractivity contribution >= 4 is 11.6 Å². The van der Waals surface area contributed by atoms with E-state index < -0.39 is 30.9 Å². The number of halogens is 4. The lowest BCUT2D eigenvalue weighted by Gasteiger charge is -2.20. The summed E-state index contributed by atoms with van der Waals surface area (Å²) < 4.78 is 50.3. The lowest BCUT2D eigenvalue weighted by molar-refractivity contribution is -0.136. The van der Waals surface area contributed by atoms with Gasteiger partial charge in [-0.15, -0.1) is 0 Å². The summed E-state index contributed by atoms with van der Waals surface area (Å²) in [5, 5.41) is 2.79.